The van der Waals surface area contributed by atoms with Crippen LogP contribution in [0.2, 0.25) is 0 Å². The van der Waals surface area contributed by atoms with Crippen molar-refractivity contribution in [2.75, 3.05) is 19.7 Å². The molecule has 3 rings (SSSR count). The zero-order chi connectivity index (χ0) is 13.1. The third-order valence-corrected chi connectivity index (χ3v) is 3.90. The lowest BCUT2D eigenvalue weighted by atomic mass is 9.97. The predicted octanol–water partition coefficient (Wildman–Crippen LogP) is 2.34. The van der Waals surface area contributed by atoms with Gasteiger partial charge < -0.3 is 10.1 Å². The summed E-state index contributed by atoms with van der Waals surface area (Å²) < 4.78 is 7.87. The fourth-order valence-electron chi connectivity index (χ4n) is 2.74. The molecule has 0 radical (unpaired) electrons. The molecule has 1 aromatic heterocycles. The van der Waals surface area contributed by atoms with Crippen LogP contribution in [-0.2, 0) is 7.05 Å². The first-order valence-corrected chi connectivity index (χ1v) is 7.09. The molecule has 102 valence electrons. The van der Waals surface area contributed by atoms with E-state index in [1.165, 1.54) is 19.4 Å². The molecule has 0 spiro atoms. The van der Waals surface area contributed by atoms with E-state index >= 15 is 0 Å². The zero-order valence-electron chi connectivity index (χ0n) is 11.4. The lowest BCUT2D eigenvalue weighted by Crippen LogP contribution is -2.30. The summed E-state index contributed by atoms with van der Waals surface area (Å²) in [5.41, 5.74) is 2.12. The van der Waals surface area contributed by atoms with Crippen LogP contribution in [0.15, 0.2) is 24.3 Å². The predicted molar refractivity (Wildman–Crippen MR) is 76.4 cm³/mol. The molecular weight excluding hydrogens is 238 g/mol. The van der Waals surface area contributed by atoms with E-state index in [1.54, 1.807) is 0 Å². The number of nitrogens with zero attached hydrogens (tertiary/aromatic N) is 2. The number of rotatable bonds is 4. The molecule has 0 aliphatic carbocycles. The molecule has 1 saturated heterocycles. The van der Waals surface area contributed by atoms with Gasteiger partial charge in [0.25, 0.3) is 6.01 Å². The minimum atomic E-state index is 0.727. The third kappa shape index (κ3) is 2.73. The van der Waals surface area contributed by atoms with E-state index in [9.17, 15) is 0 Å². The van der Waals surface area contributed by atoms with Crippen molar-refractivity contribution in [2.24, 2.45) is 13.0 Å². The summed E-state index contributed by atoms with van der Waals surface area (Å²) >= 11 is 0. The maximum absolute atomic E-state index is 5.85. The topological polar surface area (TPSA) is 39.1 Å². The lowest BCUT2D eigenvalue weighted by molar-refractivity contribution is 0.235. The first-order chi connectivity index (χ1) is 9.34. The molecule has 1 N–H and O–H groups in total. The highest BCUT2D eigenvalue weighted by Gasteiger charge is 2.14. The Morgan fingerprint density at radius 3 is 3.11 bits per heavy atom. The Kier molecular flexibility index (Phi) is 3.69. The Morgan fingerprint density at radius 1 is 1.42 bits per heavy atom. The largest absolute Gasteiger partial charge is 0.465 e. The highest BCUT2D eigenvalue weighted by Crippen LogP contribution is 2.20. The van der Waals surface area contributed by atoms with Gasteiger partial charge in [-0.1, -0.05) is 12.1 Å². The number of aromatic nitrogens is 2. The van der Waals surface area contributed by atoms with Crippen LogP contribution in [0.4, 0.5) is 0 Å². The van der Waals surface area contributed by atoms with Crippen molar-refractivity contribution in [1.29, 1.82) is 0 Å². The van der Waals surface area contributed by atoms with E-state index in [0.717, 1.165) is 42.5 Å². The zero-order valence-corrected chi connectivity index (χ0v) is 11.4. The summed E-state index contributed by atoms with van der Waals surface area (Å²) in [6.07, 6.45) is 3.71. The molecule has 4 heteroatoms. The molecule has 0 bridgehead atoms. The standard InChI is InChI=1S/C15H21N3O/c1-18-14-7-3-2-6-13(14)17-15(18)19-10-8-12-5-4-9-16-11-12/h2-3,6-7,12,16H,4-5,8-11H2,1H3. The van der Waals surface area contributed by atoms with Gasteiger partial charge in [0.2, 0.25) is 0 Å². The minimum absolute atomic E-state index is 0.727. The van der Waals surface area contributed by atoms with Crippen LogP contribution < -0.4 is 10.1 Å². The monoisotopic (exact) mass is 259 g/mol. The van der Waals surface area contributed by atoms with Gasteiger partial charge in [-0.05, 0) is 50.4 Å². The van der Waals surface area contributed by atoms with Crippen molar-refractivity contribution in [3.63, 3.8) is 0 Å². The van der Waals surface area contributed by atoms with Crippen molar-refractivity contribution in [2.45, 2.75) is 19.3 Å². The average Bonchev–Trinajstić information content (AvgIpc) is 2.78. The fourth-order valence-corrected chi connectivity index (χ4v) is 2.74. The number of aryl methyl sites for hydroxylation is 1. The number of hydrogen-bond acceptors (Lipinski definition) is 3. The first kappa shape index (κ1) is 12.5. The Hall–Kier alpha value is -1.55. The Labute approximate surface area is 113 Å². The normalized spacial score (nSPS) is 19.7. The van der Waals surface area contributed by atoms with Gasteiger partial charge in [0.15, 0.2) is 0 Å². The number of nitrogens with one attached hydrogen (secondary N) is 1. The molecule has 2 aromatic rings. The molecule has 1 fully saturated rings. The number of ether oxygens (including phenoxy) is 1. The van der Waals surface area contributed by atoms with Gasteiger partial charge in [-0.15, -0.1) is 0 Å². The van der Waals surface area contributed by atoms with Crippen molar-refractivity contribution in [3.05, 3.63) is 24.3 Å². The molecule has 4 nitrogen and oxygen atoms in total. The smallest absolute Gasteiger partial charge is 0.297 e. The van der Waals surface area contributed by atoms with Gasteiger partial charge in [-0.3, -0.25) is 4.57 Å². The number of fused-ring (bicyclic) bond motifs is 1. The second-order valence-electron chi connectivity index (χ2n) is 5.29. The summed E-state index contributed by atoms with van der Waals surface area (Å²) in [6, 6.07) is 8.85. The van der Waals surface area contributed by atoms with Gasteiger partial charge in [0.1, 0.15) is 0 Å². The second kappa shape index (κ2) is 5.61. The summed E-state index contributed by atoms with van der Waals surface area (Å²) in [7, 11) is 2.01. The van der Waals surface area contributed by atoms with E-state index in [0.29, 0.717) is 0 Å². The number of piperidine rings is 1. The lowest BCUT2D eigenvalue weighted by Gasteiger charge is -2.22. The van der Waals surface area contributed by atoms with Gasteiger partial charge >= 0.3 is 0 Å². The van der Waals surface area contributed by atoms with Gasteiger partial charge in [-0.2, -0.15) is 4.98 Å². The van der Waals surface area contributed by atoms with E-state index in [4.69, 9.17) is 4.74 Å². The molecule has 1 atom stereocenters. The Bertz CT molecular complexity index is 543. The molecule has 1 aliphatic heterocycles. The quantitative estimate of drug-likeness (QED) is 0.916. The maximum atomic E-state index is 5.85. The molecule has 1 unspecified atom stereocenters. The molecule has 1 aliphatic rings. The molecule has 0 saturated carbocycles. The van der Waals surface area contributed by atoms with Gasteiger partial charge in [0, 0.05) is 7.05 Å². The SMILES string of the molecule is Cn1c(OCCC2CCCNC2)nc2ccccc21. The molecule has 19 heavy (non-hydrogen) atoms. The molecule has 1 aromatic carbocycles. The number of para-hydroxylation sites is 2. The first-order valence-electron chi connectivity index (χ1n) is 7.09. The van der Waals surface area contributed by atoms with Crippen molar-refractivity contribution < 1.29 is 4.74 Å². The minimum Gasteiger partial charge on any atom is -0.465 e. The van der Waals surface area contributed by atoms with E-state index in [1.807, 2.05) is 29.8 Å². The molecule has 2 heterocycles. The van der Waals surface area contributed by atoms with Crippen molar-refractivity contribution in [1.82, 2.24) is 14.9 Å². The van der Waals surface area contributed by atoms with Crippen LogP contribution in [0.25, 0.3) is 11.0 Å². The number of imidazole rings is 1. The second-order valence-corrected chi connectivity index (χ2v) is 5.29. The number of hydrogen-bond donors (Lipinski definition) is 1. The summed E-state index contributed by atoms with van der Waals surface area (Å²) in [5.74, 6) is 0.753. The third-order valence-electron chi connectivity index (χ3n) is 3.90. The van der Waals surface area contributed by atoms with E-state index in [-0.39, 0.29) is 0 Å². The van der Waals surface area contributed by atoms with Crippen LogP contribution in [0, 0.1) is 5.92 Å². The van der Waals surface area contributed by atoms with Crippen molar-refractivity contribution in [3.8, 4) is 6.01 Å². The summed E-state index contributed by atoms with van der Waals surface area (Å²) in [4.78, 5) is 4.52. The molecular formula is C15H21N3O. The summed E-state index contributed by atoms with van der Waals surface area (Å²) in [6.45, 7) is 3.05. The maximum Gasteiger partial charge on any atom is 0.297 e. The average molecular weight is 259 g/mol. The van der Waals surface area contributed by atoms with Crippen LogP contribution >= 0.6 is 0 Å². The van der Waals surface area contributed by atoms with Crippen LogP contribution in [0.1, 0.15) is 19.3 Å². The van der Waals surface area contributed by atoms with E-state index < -0.39 is 0 Å². The van der Waals surface area contributed by atoms with Crippen LogP contribution in [0.3, 0.4) is 0 Å². The number of benzene rings is 1. The Balaban J connectivity index is 1.60. The van der Waals surface area contributed by atoms with Gasteiger partial charge in [0.05, 0.1) is 17.6 Å². The fraction of sp³-hybridized carbons (Fsp3) is 0.533. The van der Waals surface area contributed by atoms with Crippen LogP contribution in [0.5, 0.6) is 6.01 Å². The summed E-state index contributed by atoms with van der Waals surface area (Å²) in [5, 5.41) is 3.44. The Morgan fingerprint density at radius 2 is 2.32 bits per heavy atom. The highest BCUT2D eigenvalue weighted by molar-refractivity contribution is 5.76. The van der Waals surface area contributed by atoms with E-state index in [2.05, 4.69) is 16.4 Å². The highest BCUT2D eigenvalue weighted by atomic mass is 16.5. The van der Waals surface area contributed by atoms with Crippen LogP contribution in [-0.4, -0.2) is 29.2 Å². The van der Waals surface area contributed by atoms with Gasteiger partial charge in [-0.25, -0.2) is 0 Å². The van der Waals surface area contributed by atoms with Crippen molar-refractivity contribution >= 4 is 11.0 Å². The molecule has 0 amide bonds.